The van der Waals surface area contributed by atoms with E-state index in [0.717, 1.165) is 18.7 Å². The maximum atomic E-state index is 12.2. The second-order valence-corrected chi connectivity index (χ2v) is 8.04. The first-order chi connectivity index (χ1) is 13.1. The first-order valence-corrected chi connectivity index (χ1v) is 10.7. The van der Waals surface area contributed by atoms with E-state index in [1.165, 1.54) is 0 Å². The van der Waals surface area contributed by atoms with Crippen molar-refractivity contribution in [2.45, 2.75) is 17.7 Å². The van der Waals surface area contributed by atoms with Gasteiger partial charge in [0.15, 0.2) is 15.8 Å². The van der Waals surface area contributed by atoms with Crippen molar-refractivity contribution in [3.05, 3.63) is 60.7 Å². The smallest absolute Gasteiger partial charge is 0.190 e. The third kappa shape index (κ3) is 7.70. The molecule has 0 aliphatic heterocycles. The molecule has 0 bridgehead atoms. The highest BCUT2D eigenvalue weighted by Gasteiger charge is 2.13. The molecule has 0 saturated heterocycles. The fourth-order valence-corrected chi connectivity index (χ4v) is 3.75. The van der Waals surface area contributed by atoms with Crippen LogP contribution >= 0.6 is 0 Å². The predicted octanol–water partition coefficient (Wildman–Crippen LogP) is 2.48. The minimum atomic E-state index is -3.23. The van der Waals surface area contributed by atoms with Crippen LogP contribution in [0.25, 0.3) is 0 Å². The summed E-state index contributed by atoms with van der Waals surface area (Å²) < 4.78 is 30.1. The van der Waals surface area contributed by atoms with Crippen LogP contribution < -0.4 is 15.4 Å². The van der Waals surface area contributed by atoms with Gasteiger partial charge in [-0.15, -0.1) is 0 Å². The molecule has 6 nitrogen and oxygen atoms in total. The van der Waals surface area contributed by atoms with Gasteiger partial charge >= 0.3 is 0 Å². The summed E-state index contributed by atoms with van der Waals surface area (Å²) in [7, 11) is -1.54. The van der Waals surface area contributed by atoms with Gasteiger partial charge in [-0.3, -0.25) is 4.99 Å². The molecule has 0 saturated carbocycles. The summed E-state index contributed by atoms with van der Waals surface area (Å²) in [5.74, 6) is 1.62. The summed E-state index contributed by atoms with van der Waals surface area (Å²) in [6, 6.07) is 18.2. The molecular formula is C20H27N3O3S. The maximum absolute atomic E-state index is 12.2. The normalized spacial score (nSPS) is 11.8. The van der Waals surface area contributed by atoms with Crippen LogP contribution in [-0.2, 0) is 9.84 Å². The Bertz CT molecular complexity index is 794. The lowest BCUT2D eigenvalue weighted by molar-refractivity contribution is 0.311. The zero-order valence-electron chi connectivity index (χ0n) is 15.6. The van der Waals surface area contributed by atoms with Gasteiger partial charge in [-0.1, -0.05) is 36.4 Å². The van der Waals surface area contributed by atoms with Crippen molar-refractivity contribution in [1.82, 2.24) is 10.6 Å². The second kappa shape index (κ2) is 11.2. The van der Waals surface area contributed by atoms with Gasteiger partial charge in [0, 0.05) is 20.1 Å². The Labute approximate surface area is 161 Å². The summed E-state index contributed by atoms with van der Waals surface area (Å²) in [5.41, 5.74) is 0. The van der Waals surface area contributed by atoms with Crippen molar-refractivity contribution < 1.29 is 13.2 Å². The van der Waals surface area contributed by atoms with Gasteiger partial charge in [0.1, 0.15) is 5.75 Å². The van der Waals surface area contributed by atoms with E-state index >= 15 is 0 Å². The SMILES string of the molecule is CN=C(NCCCOc1ccccc1)NCCCS(=O)(=O)c1ccccc1. The van der Waals surface area contributed by atoms with Crippen molar-refractivity contribution in [2.75, 3.05) is 32.5 Å². The largest absolute Gasteiger partial charge is 0.494 e. The number of nitrogens with one attached hydrogen (secondary N) is 2. The molecule has 0 radical (unpaired) electrons. The average molecular weight is 390 g/mol. The molecule has 7 heteroatoms. The minimum Gasteiger partial charge on any atom is -0.494 e. The summed E-state index contributed by atoms with van der Waals surface area (Å²) in [6.45, 7) is 1.87. The number of rotatable bonds is 10. The van der Waals surface area contributed by atoms with E-state index < -0.39 is 9.84 Å². The summed E-state index contributed by atoms with van der Waals surface area (Å²) in [4.78, 5) is 4.51. The van der Waals surface area contributed by atoms with E-state index in [4.69, 9.17) is 4.74 Å². The van der Waals surface area contributed by atoms with Crippen LogP contribution in [0.2, 0.25) is 0 Å². The lowest BCUT2D eigenvalue weighted by Crippen LogP contribution is -2.39. The van der Waals surface area contributed by atoms with Crippen molar-refractivity contribution in [3.63, 3.8) is 0 Å². The Hall–Kier alpha value is -2.54. The van der Waals surface area contributed by atoms with Crippen LogP contribution in [0.3, 0.4) is 0 Å². The highest BCUT2D eigenvalue weighted by molar-refractivity contribution is 7.91. The first kappa shape index (κ1) is 20.8. The Morgan fingerprint density at radius 1 is 0.926 bits per heavy atom. The van der Waals surface area contributed by atoms with Crippen molar-refractivity contribution in [1.29, 1.82) is 0 Å². The number of nitrogens with zero attached hydrogens (tertiary/aromatic N) is 1. The topological polar surface area (TPSA) is 79.8 Å². The van der Waals surface area contributed by atoms with Gasteiger partial charge in [0.2, 0.25) is 0 Å². The predicted molar refractivity (Wildman–Crippen MR) is 109 cm³/mol. The van der Waals surface area contributed by atoms with E-state index in [1.807, 2.05) is 30.3 Å². The molecule has 2 aromatic rings. The summed E-state index contributed by atoms with van der Waals surface area (Å²) >= 11 is 0. The molecule has 2 aromatic carbocycles. The number of para-hydroxylation sites is 1. The Morgan fingerprint density at radius 2 is 1.52 bits per heavy atom. The van der Waals surface area contributed by atoms with Gasteiger partial charge in [-0.2, -0.15) is 0 Å². The number of ether oxygens (including phenoxy) is 1. The molecule has 146 valence electrons. The molecule has 2 N–H and O–H groups in total. The van der Waals surface area contributed by atoms with Gasteiger partial charge < -0.3 is 15.4 Å². The molecule has 0 fully saturated rings. The van der Waals surface area contributed by atoms with Crippen molar-refractivity contribution in [3.8, 4) is 5.75 Å². The third-order valence-corrected chi connectivity index (χ3v) is 5.65. The Kier molecular flexibility index (Phi) is 8.64. The Balaban J connectivity index is 1.60. The lowest BCUT2D eigenvalue weighted by atomic mass is 10.3. The van der Waals surface area contributed by atoms with Crippen molar-refractivity contribution in [2.24, 2.45) is 4.99 Å². The molecule has 0 spiro atoms. The van der Waals surface area contributed by atoms with Crippen LogP contribution in [0.4, 0.5) is 0 Å². The molecule has 0 unspecified atom stereocenters. The Morgan fingerprint density at radius 3 is 2.15 bits per heavy atom. The van der Waals surface area contributed by atoms with Gasteiger partial charge in [-0.05, 0) is 37.1 Å². The average Bonchev–Trinajstić information content (AvgIpc) is 2.70. The third-order valence-electron chi connectivity index (χ3n) is 3.83. The highest BCUT2D eigenvalue weighted by atomic mass is 32.2. The van der Waals surface area contributed by atoms with E-state index in [1.54, 1.807) is 37.4 Å². The summed E-state index contributed by atoms with van der Waals surface area (Å²) in [6.07, 6.45) is 1.34. The number of guanidine groups is 1. The highest BCUT2D eigenvalue weighted by Crippen LogP contribution is 2.10. The van der Waals surface area contributed by atoms with Crippen LogP contribution in [0.15, 0.2) is 70.6 Å². The molecule has 0 heterocycles. The molecule has 0 amide bonds. The zero-order valence-corrected chi connectivity index (χ0v) is 16.4. The van der Waals surface area contributed by atoms with Gasteiger partial charge in [-0.25, -0.2) is 8.42 Å². The van der Waals surface area contributed by atoms with E-state index in [2.05, 4.69) is 15.6 Å². The van der Waals surface area contributed by atoms with Crippen LogP contribution in [0.1, 0.15) is 12.8 Å². The standard InChI is InChI=1S/C20H27N3O3S/c1-21-20(22-14-8-16-26-18-10-4-2-5-11-18)23-15-9-17-27(24,25)19-12-6-3-7-13-19/h2-7,10-13H,8-9,14-17H2,1H3,(H2,21,22,23). The number of sulfone groups is 1. The van der Waals surface area contributed by atoms with Gasteiger partial charge in [0.05, 0.1) is 17.3 Å². The molecule has 0 aromatic heterocycles. The number of hydrogen-bond donors (Lipinski definition) is 2. The van der Waals surface area contributed by atoms with E-state index in [-0.39, 0.29) is 5.75 Å². The fraction of sp³-hybridized carbons (Fsp3) is 0.350. The quantitative estimate of drug-likeness (QED) is 0.371. The zero-order chi connectivity index (χ0) is 19.4. The van der Waals surface area contributed by atoms with Crippen molar-refractivity contribution >= 4 is 15.8 Å². The van der Waals surface area contributed by atoms with E-state index in [9.17, 15) is 8.42 Å². The van der Waals surface area contributed by atoms with Crippen LogP contribution in [0, 0.1) is 0 Å². The minimum absolute atomic E-state index is 0.103. The lowest BCUT2D eigenvalue weighted by Gasteiger charge is -2.12. The van der Waals surface area contributed by atoms with Crippen LogP contribution in [-0.4, -0.2) is 46.9 Å². The first-order valence-electron chi connectivity index (χ1n) is 9.02. The van der Waals surface area contributed by atoms with E-state index in [0.29, 0.717) is 30.4 Å². The molecule has 2 rings (SSSR count). The molecule has 0 aliphatic carbocycles. The summed E-state index contributed by atoms with van der Waals surface area (Å²) in [5, 5.41) is 6.33. The second-order valence-electron chi connectivity index (χ2n) is 5.93. The number of hydrogen-bond acceptors (Lipinski definition) is 4. The fourth-order valence-electron chi connectivity index (χ4n) is 2.42. The van der Waals surface area contributed by atoms with Gasteiger partial charge in [0.25, 0.3) is 0 Å². The molecular weight excluding hydrogens is 362 g/mol. The van der Waals surface area contributed by atoms with Crippen LogP contribution in [0.5, 0.6) is 5.75 Å². The molecule has 27 heavy (non-hydrogen) atoms. The maximum Gasteiger partial charge on any atom is 0.190 e. The molecule has 0 atom stereocenters. The number of aliphatic imine (C=N–C) groups is 1. The number of benzene rings is 2. The molecule has 0 aliphatic rings. The monoisotopic (exact) mass is 389 g/mol.